The second-order valence-corrected chi connectivity index (χ2v) is 9.69. The molecule has 7 nitrogen and oxygen atoms in total. The van der Waals surface area contributed by atoms with Gasteiger partial charge in [-0.15, -0.1) is 0 Å². The summed E-state index contributed by atoms with van der Waals surface area (Å²) < 4.78 is 38.2. The fourth-order valence-electron chi connectivity index (χ4n) is 3.66. The van der Waals surface area contributed by atoms with Gasteiger partial charge in [-0.05, 0) is 56.0 Å². The number of carbonyl (C=O) groups is 1. The molecule has 8 heteroatoms. The summed E-state index contributed by atoms with van der Waals surface area (Å²) in [5, 5.41) is 3.05. The van der Waals surface area contributed by atoms with Gasteiger partial charge < -0.3 is 14.8 Å². The normalized spacial score (nSPS) is 15.4. The van der Waals surface area contributed by atoms with E-state index in [4.69, 9.17) is 9.47 Å². The highest BCUT2D eigenvalue weighted by atomic mass is 32.2. The van der Waals surface area contributed by atoms with Crippen molar-refractivity contribution in [2.75, 3.05) is 32.9 Å². The molecule has 2 aromatic carbocycles. The molecule has 1 fully saturated rings. The summed E-state index contributed by atoms with van der Waals surface area (Å²) in [4.78, 5) is 12.5. The van der Waals surface area contributed by atoms with Crippen molar-refractivity contribution in [3.63, 3.8) is 0 Å². The lowest BCUT2D eigenvalue weighted by molar-refractivity contribution is -0.122. The van der Waals surface area contributed by atoms with E-state index in [1.165, 1.54) is 4.31 Å². The maximum Gasteiger partial charge on any atom is 0.243 e. The van der Waals surface area contributed by atoms with E-state index in [2.05, 4.69) is 5.32 Å². The minimum atomic E-state index is -3.57. The minimum absolute atomic E-state index is 0.00541. The summed E-state index contributed by atoms with van der Waals surface area (Å²) in [7, 11) is -3.57. The van der Waals surface area contributed by atoms with Gasteiger partial charge in [0.2, 0.25) is 15.9 Å². The molecule has 3 rings (SSSR count). The van der Waals surface area contributed by atoms with Gasteiger partial charge in [0.1, 0.15) is 12.4 Å². The Morgan fingerprint density at radius 1 is 1.03 bits per heavy atom. The molecule has 0 bridgehead atoms. The highest BCUT2D eigenvalue weighted by Gasteiger charge is 2.29. The van der Waals surface area contributed by atoms with Crippen LogP contribution in [-0.4, -0.2) is 57.6 Å². The number of rotatable bonds is 11. The Balaban J connectivity index is 1.44. The Bertz CT molecular complexity index is 940. The summed E-state index contributed by atoms with van der Waals surface area (Å²) in [5.41, 5.74) is 1.13. The van der Waals surface area contributed by atoms with E-state index in [0.29, 0.717) is 64.3 Å². The van der Waals surface area contributed by atoms with Crippen molar-refractivity contribution in [1.29, 1.82) is 0 Å². The van der Waals surface area contributed by atoms with E-state index in [-0.39, 0.29) is 16.8 Å². The number of carbonyl (C=O) groups excluding carboxylic acids is 1. The summed E-state index contributed by atoms with van der Waals surface area (Å²) >= 11 is 0. The monoisotopic (exact) mass is 460 g/mol. The fraction of sp³-hybridized carbons (Fsp3) is 0.458. The third-order valence-corrected chi connectivity index (χ3v) is 7.38. The lowest BCUT2D eigenvalue weighted by atomic mass is 10.1. The van der Waals surface area contributed by atoms with Gasteiger partial charge in [-0.1, -0.05) is 30.3 Å². The molecule has 32 heavy (non-hydrogen) atoms. The summed E-state index contributed by atoms with van der Waals surface area (Å²) in [6.07, 6.45) is 2.34. The summed E-state index contributed by atoms with van der Waals surface area (Å²) in [6, 6.07) is 16.4. The van der Waals surface area contributed by atoms with Crippen LogP contribution in [0.3, 0.4) is 0 Å². The van der Waals surface area contributed by atoms with Crippen LogP contribution in [-0.2, 0) is 26.0 Å². The number of benzene rings is 2. The summed E-state index contributed by atoms with van der Waals surface area (Å²) in [5.74, 6) is 0.621. The van der Waals surface area contributed by atoms with Crippen LogP contribution in [0.15, 0.2) is 59.5 Å². The molecule has 1 aliphatic heterocycles. The molecule has 0 spiro atoms. The molecular formula is C24H32N2O5S. The van der Waals surface area contributed by atoms with Crippen LogP contribution in [0.2, 0.25) is 0 Å². The first-order valence-corrected chi connectivity index (χ1v) is 12.6. The van der Waals surface area contributed by atoms with Gasteiger partial charge in [-0.25, -0.2) is 8.42 Å². The number of nitrogens with zero attached hydrogens (tertiary/aromatic N) is 1. The molecule has 2 aromatic rings. The maximum absolute atomic E-state index is 13.0. The van der Waals surface area contributed by atoms with Gasteiger partial charge in [0.25, 0.3) is 0 Å². The number of sulfonamides is 1. The lowest BCUT2D eigenvalue weighted by Crippen LogP contribution is -2.46. The first-order chi connectivity index (χ1) is 15.5. The molecule has 1 N–H and O–H groups in total. The zero-order valence-electron chi connectivity index (χ0n) is 18.5. The maximum atomic E-state index is 13.0. The zero-order valence-corrected chi connectivity index (χ0v) is 19.4. The standard InChI is InChI=1S/C24H32N2O5S/c1-2-30-18-19-31-22-9-11-23(12-10-22)32(28,29)26-16-14-21(15-17-26)25-24(27)13-8-20-6-4-3-5-7-20/h3-7,9-12,21H,2,8,13-19H2,1H3,(H,25,27). The third-order valence-electron chi connectivity index (χ3n) is 5.46. The number of piperidine rings is 1. The predicted molar refractivity (Wildman–Crippen MR) is 123 cm³/mol. The number of hydrogen-bond donors (Lipinski definition) is 1. The molecule has 0 radical (unpaired) electrons. The van der Waals surface area contributed by atoms with Crippen molar-refractivity contribution in [3.05, 3.63) is 60.2 Å². The minimum Gasteiger partial charge on any atom is -0.491 e. The van der Waals surface area contributed by atoms with E-state index in [9.17, 15) is 13.2 Å². The van der Waals surface area contributed by atoms with Crippen LogP contribution >= 0.6 is 0 Å². The Hall–Kier alpha value is -2.42. The number of aryl methyl sites for hydroxylation is 1. The highest BCUT2D eigenvalue weighted by molar-refractivity contribution is 7.89. The van der Waals surface area contributed by atoms with Crippen molar-refractivity contribution < 1.29 is 22.7 Å². The van der Waals surface area contributed by atoms with E-state index < -0.39 is 10.0 Å². The zero-order chi connectivity index (χ0) is 22.8. The van der Waals surface area contributed by atoms with Crippen molar-refractivity contribution in [2.24, 2.45) is 0 Å². The second-order valence-electron chi connectivity index (χ2n) is 7.75. The Morgan fingerprint density at radius 3 is 2.38 bits per heavy atom. The van der Waals surface area contributed by atoms with Gasteiger partial charge in [0, 0.05) is 32.2 Å². The molecular weight excluding hydrogens is 428 g/mol. The van der Waals surface area contributed by atoms with E-state index in [0.717, 1.165) is 5.56 Å². The first-order valence-electron chi connectivity index (χ1n) is 11.1. The molecule has 0 aromatic heterocycles. The van der Waals surface area contributed by atoms with Gasteiger partial charge >= 0.3 is 0 Å². The van der Waals surface area contributed by atoms with E-state index >= 15 is 0 Å². The molecule has 0 aliphatic carbocycles. The number of nitrogens with one attached hydrogen (secondary N) is 1. The van der Waals surface area contributed by atoms with Crippen molar-refractivity contribution in [1.82, 2.24) is 9.62 Å². The molecule has 1 aliphatic rings. The molecule has 0 saturated carbocycles. The Morgan fingerprint density at radius 2 is 1.72 bits per heavy atom. The Kier molecular flexibility index (Phi) is 9.08. The van der Waals surface area contributed by atoms with Gasteiger partial charge in [-0.3, -0.25) is 4.79 Å². The van der Waals surface area contributed by atoms with Gasteiger partial charge in [0.05, 0.1) is 11.5 Å². The lowest BCUT2D eigenvalue weighted by Gasteiger charge is -2.31. The first kappa shape index (κ1) is 24.2. The molecule has 174 valence electrons. The van der Waals surface area contributed by atoms with Crippen LogP contribution in [0, 0.1) is 0 Å². The largest absolute Gasteiger partial charge is 0.491 e. The van der Waals surface area contributed by atoms with E-state index in [1.54, 1.807) is 24.3 Å². The fourth-order valence-corrected chi connectivity index (χ4v) is 5.13. The predicted octanol–water partition coefficient (Wildman–Crippen LogP) is 3.00. The SMILES string of the molecule is CCOCCOc1ccc(S(=O)(=O)N2CCC(NC(=O)CCc3ccccc3)CC2)cc1. The molecule has 1 heterocycles. The topological polar surface area (TPSA) is 84.9 Å². The smallest absolute Gasteiger partial charge is 0.243 e. The van der Waals surface area contributed by atoms with Crippen molar-refractivity contribution >= 4 is 15.9 Å². The van der Waals surface area contributed by atoms with Gasteiger partial charge in [0.15, 0.2) is 0 Å². The van der Waals surface area contributed by atoms with E-state index in [1.807, 2.05) is 37.3 Å². The highest BCUT2D eigenvalue weighted by Crippen LogP contribution is 2.23. The molecule has 1 saturated heterocycles. The van der Waals surface area contributed by atoms with Crippen LogP contribution in [0.1, 0.15) is 31.7 Å². The van der Waals surface area contributed by atoms with Gasteiger partial charge in [-0.2, -0.15) is 4.31 Å². The number of hydrogen-bond acceptors (Lipinski definition) is 5. The average Bonchev–Trinajstić information content (AvgIpc) is 2.82. The second kappa shape index (κ2) is 12.0. The van der Waals surface area contributed by atoms with Crippen molar-refractivity contribution in [2.45, 2.75) is 43.5 Å². The third kappa shape index (κ3) is 7.05. The quantitative estimate of drug-likeness (QED) is 0.521. The summed E-state index contributed by atoms with van der Waals surface area (Å²) in [6.45, 7) is 4.24. The average molecular weight is 461 g/mol. The van der Waals surface area contributed by atoms with Crippen molar-refractivity contribution in [3.8, 4) is 5.75 Å². The van der Waals surface area contributed by atoms with Crippen LogP contribution in [0.4, 0.5) is 0 Å². The number of amides is 1. The molecule has 0 atom stereocenters. The Labute approximate surface area is 190 Å². The van der Waals surface area contributed by atoms with Crippen LogP contribution in [0.5, 0.6) is 5.75 Å². The van der Waals surface area contributed by atoms with Crippen LogP contribution in [0.25, 0.3) is 0 Å². The molecule has 0 unspecified atom stereocenters. The molecule has 1 amide bonds. The number of ether oxygens (including phenoxy) is 2. The van der Waals surface area contributed by atoms with Crippen LogP contribution < -0.4 is 10.1 Å².